The van der Waals surface area contributed by atoms with Crippen LogP contribution >= 0.6 is 0 Å². The van der Waals surface area contributed by atoms with Crippen LogP contribution in [0.25, 0.3) is 0 Å². The molecule has 20 heavy (non-hydrogen) atoms. The molecule has 0 aromatic heterocycles. The minimum atomic E-state index is 0.345. The van der Waals surface area contributed by atoms with Crippen molar-refractivity contribution in [3.05, 3.63) is 0 Å². The first kappa shape index (κ1) is 17.9. The van der Waals surface area contributed by atoms with Gasteiger partial charge in [0.1, 0.15) is 0 Å². The minimum absolute atomic E-state index is 0.345. The number of aliphatic hydroxyl groups is 1. The topological polar surface area (TPSA) is 52.7 Å². The van der Waals surface area contributed by atoms with E-state index in [1.165, 1.54) is 64.8 Å². The Morgan fingerprint density at radius 1 is 1.05 bits per heavy atom. The summed E-state index contributed by atoms with van der Waals surface area (Å²) in [7, 11) is 0. The molecular weight excluding hydrogens is 250 g/mol. The molecule has 0 saturated carbocycles. The fourth-order valence-electron chi connectivity index (χ4n) is 3.22. The molecule has 0 amide bonds. The van der Waals surface area contributed by atoms with Crippen molar-refractivity contribution >= 4 is 0 Å². The molecular formula is C16H35N3O. The molecule has 1 fully saturated rings. The van der Waals surface area contributed by atoms with Gasteiger partial charge in [-0.1, -0.05) is 19.8 Å². The Morgan fingerprint density at radius 2 is 1.85 bits per heavy atom. The first-order chi connectivity index (χ1) is 9.81. The molecule has 0 spiro atoms. The number of hydrogen-bond donors (Lipinski definition) is 2. The van der Waals surface area contributed by atoms with Crippen LogP contribution in [0.15, 0.2) is 0 Å². The second-order valence-corrected chi connectivity index (χ2v) is 6.01. The van der Waals surface area contributed by atoms with Crippen molar-refractivity contribution in [3.63, 3.8) is 0 Å². The molecule has 120 valence electrons. The number of nitrogens with two attached hydrogens (primary N) is 1. The summed E-state index contributed by atoms with van der Waals surface area (Å²) in [5, 5.41) is 8.77. The summed E-state index contributed by atoms with van der Waals surface area (Å²) >= 11 is 0. The average molecular weight is 285 g/mol. The number of unbranched alkanes of at least 4 members (excludes halogenated alkanes) is 3. The van der Waals surface area contributed by atoms with Crippen molar-refractivity contribution in [2.45, 2.75) is 57.9 Å². The lowest BCUT2D eigenvalue weighted by molar-refractivity contribution is 0.185. The van der Waals surface area contributed by atoms with Crippen molar-refractivity contribution in [1.29, 1.82) is 0 Å². The van der Waals surface area contributed by atoms with E-state index >= 15 is 0 Å². The summed E-state index contributed by atoms with van der Waals surface area (Å²) in [4.78, 5) is 5.27. The third-order valence-electron chi connectivity index (χ3n) is 4.49. The highest BCUT2D eigenvalue weighted by atomic mass is 16.2. The fourth-order valence-corrected chi connectivity index (χ4v) is 3.22. The van der Waals surface area contributed by atoms with E-state index in [9.17, 15) is 0 Å². The number of hydrogen-bond acceptors (Lipinski definition) is 4. The van der Waals surface area contributed by atoms with E-state index in [2.05, 4.69) is 16.7 Å². The molecule has 1 heterocycles. The Kier molecular flexibility index (Phi) is 10.3. The van der Waals surface area contributed by atoms with Crippen LogP contribution < -0.4 is 5.73 Å². The number of nitrogens with zero attached hydrogens (tertiary/aromatic N) is 2. The molecule has 1 saturated heterocycles. The van der Waals surface area contributed by atoms with Crippen LogP contribution in [-0.4, -0.2) is 66.8 Å². The second-order valence-electron chi connectivity index (χ2n) is 6.01. The molecule has 0 bridgehead atoms. The van der Waals surface area contributed by atoms with Crippen molar-refractivity contribution in [1.82, 2.24) is 9.80 Å². The molecule has 0 aromatic rings. The third-order valence-corrected chi connectivity index (χ3v) is 4.49. The summed E-state index contributed by atoms with van der Waals surface area (Å²) in [6.07, 6.45) is 8.31. The first-order valence-electron chi connectivity index (χ1n) is 8.59. The standard InChI is InChI=1S/C16H35N3O/c1-2-16(8-9-17)19-12-7-11-18(13-14-19)10-5-3-4-6-15-20/h16,20H,2-15,17H2,1H3. The van der Waals surface area contributed by atoms with Crippen molar-refractivity contribution in [2.75, 3.05) is 45.9 Å². The van der Waals surface area contributed by atoms with Crippen LogP contribution in [0.3, 0.4) is 0 Å². The van der Waals surface area contributed by atoms with E-state index < -0.39 is 0 Å². The molecule has 4 nitrogen and oxygen atoms in total. The maximum atomic E-state index is 8.77. The monoisotopic (exact) mass is 285 g/mol. The van der Waals surface area contributed by atoms with E-state index in [0.29, 0.717) is 12.6 Å². The van der Waals surface area contributed by atoms with Crippen LogP contribution in [0.2, 0.25) is 0 Å². The lowest BCUT2D eigenvalue weighted by Gasteiger charge is -2.29. The zero-order valence-electron chi connectivity index (χ0n) is 13.4. The Morgan fingerprint density at radius 3 is 2.55 bits per heavy atom. The van der Waals surface area contributed by atoms with Gasteiger partial charge in [0.05, 0.1) is 0 Å². The maximum Gasteiger partial charge on any atom is 0.0431 e. The van der Waals surface area contributed by atoms with Crippen molar-refractivity contribution < 1.29 is 5.11 Å². The zero-order valence-corrected chi connectivity index (χ0v) is 13.4. The van der Waals surface area contributed by atoms with Crippen LogP contribution in [0.5, 0.6) is 0 Å². The van der Waals surface area contributed by atoms with Gasteiger partial charge in [-0.3, -0.25) is 4.90 Å². The molecule has 1 rings (SSSR count). The van der Waals surface area contributed by atoms with Crippen LogP contribution in [0.4, 0.5) is 0 Å². The Balaban J connectivity index is 2.21. The highest BCUT2D eigenvalue weighted by Gasteiger charge is 2.20. The van der Waals surface area contributed by atoms with Gasteiger partial charge < -0.3 is 15.7 Å². The van der Waals surface area contributed by atoms with Gasteiger partial charge in [-0.25, -0.2) is 0 Å². The molecule has 3 N–H and O–H groups in total. The summed E-state index contributed by atoms with van der Waals surface area (Å²) in [6.45, 7) is 9.56. The van der Waals surface area contributed by atoms with Gasteiger partial charge in [0.2, 0.25) is 0 Å². The third kappa shape index (κ3) is 7.02. The quantitative estimate of drug-likeness (QED) is 0.600. The highest BCUT2D eigenvalue weighted by Crippen LogP contribution is 2.13. The Labute approximate surface area is 125 Å². The van der Waals surface area contributed by atoms with Gasteiger partial charge in [0.25, 0.3) is 0 Å². The lowest BCUT2D eigenvalue weighted by atomic mass is 10.1. The molecule has 0 aliphatic carbocycles. The van der Waals surface area contributed by atoms with E-state index in [1.54, 1.807) is 0 Å². The Bertz CT molecular complexity index is 226. The number of rotatable bonds is 10. The minimum Gasteiger partial charge on any atom is -0.396 e. The van der Waals surface area contributed by atoms with Gasteiger partial charge in [0.15, 0.2) is 0 Å². The average Bonchev–Trinajstić information content (AvgIpc) is 2.70. The molecule has 1 aliphatic heterocycles. The van der Waals surface area contributed by atoms with Crippen LogP contribution in [-0.2, 0) is 0 Å². The molecule has 0 aromatic carbocycles. The van der Waals surface area contributed by atoms with Crippen molar-refractivity contribution in [2.24, 2.45) is 5.73 Å². The van der Waals surface area contributed by atoms with Gasteiger partial charge in [-0.15, -0.1) is 0 Å². The largest absolute Gasteiger partial charge is 0.396 e. The van der Waals surface area contributed by atoms with Gasteiger partial charge >= 0.3 is 0 Å². The predicted molar refractivity (Wildman–Crippen MR) is 85.9 cm³/mol. The normalized spacial score (nSPS) is 19.9. The molecule has 1 atom stereocenters. The highest BCUT2D eigenvalue weighted by molar-refractivity contribution is 4.76. The first-order valence-corrected chi connectivity index (χ1v) is 8.59. The molecule has 0 radical (unpaired) electrons. The maximum absolute atomic E-state index is 8.77. The van der Waals surface area contributed by atoms with E-state index in [0.717, 1.165) is 19.4 Å². The SMILES string of the molecule is CCC(CCN)N1CCCN(CCCCCCO)CC1. The van der Waals surface area contributed by atoms with Gasteiger partial charge in [-0.05, 0) is 58.3 Å². The summed E-state index contributed by atoms with van der Waals surface area (Å²) in [6, 6.07) is 0.685. The summed E-state index contributed by atoms with van der Waals surface area (Å²) in [5.41, 5.74) is 5.73. The van der Waals surface area contributed by atoms with Crippen molar-refractivity contribution in [3.8, 4) is 0 Å². The Hall–Kier alpha value is -0.160. The van der Waals surface area contributed by atoms with Crippen LogP contribution in [0.1, 0.15) is 51.9 Å². The van der Waals surface area contributed by atoms with E-state index in [1.807, 2.05) is 0 Å². The summed E-state index contributed by atoms with van der Waals surface area (Å²) in [5.74, 6) is 0. The molecule has 1 aliphatic rings. The molecule has 1 unspecified atom stereocenters. The predicted octanol–water partition coefficient (Wildman–Crippen LogP) is 1.67. The van der Waals surface area contributed by atoms with Gasteiger partial charge in [-0.2, -0.15) is 0 Å². The van der Waals surface area contributed by atoms with E-state index in [4.69, 9.17) is 10.8 Å². The molecule has 4 heteroatoms. The van der Waals surface area contributed by atoms with Crippen LogP contribution in [0, 0.1) is 0 Å². The number of aliphatic hydroxyl groups excluding tert-OH is 1. The second kappa shape index (κ2) is 11.5. The van der Waals surface area contributed by atoms with E-state index in [-0.39, 0.29) is 0 Å². The fraction of sp³-hybridized carbons (Fsp3) is 1.00. The smallest absolute Gasteiger partial charge is 0.0431 e. The van der Waals surface area contributed by atoms with Gasteiger partial charge in [0, 0.05) is 25.7 Å². The summed E-state index contributed by atoms with van der Waals surface area (Å²) < 4.78 is 0. The lowest BCUT2D eigenvalue weighted by Crippen LogP contribution is -2.39. The zero-order chi connectivity index (χ0) is 14.6.